The maximum Gasteiger partial charge on any atom is 0.275 e. The monoisotopic (exact) mass is 225 g/mol. The molecule has 0 unspecified atom stereocenters. The van der Waals surface area contributed by atoms with Crippen LogP contribution in [0.4, 0.5) is 5.00 Å². The van der Waals surface area contributed by atoms with Crippen molar-refractivity contribution in [2.75, 3.05) is 5.32 Å². The van der Waals surface area contributed by atoms with E-state index >= 15 is 0 Å². The van der Waals surface area contributed by atoms with Crippen LogP contribution in [0.25, 0.3) is 0 Å². The van der Waals surface area contributed by atoms with E-state index in [-0.39, 0.29) is 17.7 Å². The number of hydrogen-bond acceptors (Lipinski definition) is 4. The largest absolute Gasteiger partial charge is 0.317 e. The second kappa shape index (κ2) is 4.00. The summed E-state index contributed by atoms with van der Waals surface area (Å²) in [7, 11) is 0. The van der Waals surface area contributed by atoms with Gasteiger partial charge in [0.2, 0.25) is 5.91 Å². The lowest BCUT2D eigenvalue weighted by Gasteiger charge is -1.98. The first-order valence-corrected chi connectivity index (χ1v) is 5.44. The summed E-state index contributed by atoms with van der Waals surface area (Å²) in [6.45, 7) is 0. The molecule has 0 bridgehead atoms. The highest BCUT2D eigenvalue weighted by molar-refractivity contribution is 7.18. The molecule has 0 spiro atoms. The minimum atomic E-state index is -0.341. The molecule has 0 aromatic carbocycles. The molecule has 1 aliphatic carbocycles. The molecule has 2 rings (SSSR count). The van der Waals surface area contributed by atoms with E-state index in [1.54, 1.807) is 12.1 Å². The number of anilines is 1. The van der Waals surface area contributed by atoms with Crippen molar-refractivity contribution in [2.24, 2.45) is 11.8 Å². The molecular weight excluding hydrogens is 214 g/mol. The van der Waals surface area contributed by atoms with Gasteiger partial charge in [-0.3, -0.25) is 15.0 Å². The fourth-order valence-corrected chi connectivity index (χ4v) is 1.98. The SMILES string of the molecule is NNC(=O)c1ccc(NC(=O)C2CC2)s1. The van der Waals surface area contributed by atoms with E-state index in [0.717, 1.165) is 12.8 Å². The maximum absolute atomic E-state index is 11.4. The van der Waals surface area contributed by atoms with Gasteiger partial charge in [0.05, 0.1) is 9.88 Å². The van der Waals surface area contributed by atoms with E-state index in [1.165, 1.54) is 11.3 Å². The molecule has 4 N–H and O–H groups in total. The molecule has 1 aromatic rings. The van der Waals surface area contributed by atoms with E-state index in [2.05, 4.69) is 5.32 Å². The average molecular weight is 225 g/mol. The van der Waals surface area contributed by atoms with E-state index in [4.69, 9.17) is 5.84 Å². The molecule has 0 aliphatic heterocycles. The van der Waals surface area contributed by atoms with Crippen LogP contribution in [0.1, 0.15) is 22.5 Å². The Kier molecular flexibility index (Phi) is 2.70. The predicted molar refractivity (Wildman–Crippen MR) is 57.3 cm³/mol. The van der Waals surface area contributed by atoms with Gasteiger partial charge < -0.3 is 5.32 Å². The molecule has 2 amide bonds. The number of rotatable bonds is 3. The van der Waals surface area contributed by atoms with Crippen molar-refractivity contribution >= 4 is 28.2 Å². The van der Waals surface area contributed by atoms with Gasteiger partial charge in [0.15, 0.2) is 0 Å². The molecule has 5 nitrogen and oxygen atoms in total. The Morgan fingerprint density at radius 2 is 2.13 bits per heavy atom. The number of amides is 2. The summed E-state index contributed by atoms with van der Waals surface area (Å²) in [5.41, 5.74) is 2.04. The van der Waals surface area contributed by atoms with Gasteiger partial charge in [0, 0.05) is 5.92 Å². The second-order valence-corrected chi connectivity index (χ2v) is 4.48. The Bertz CT molecular complexity index is 398. The summed E-state index contributed by atoms with van der Waals surface area (Å²) in [6, 6.07) is 3.34. The summed E-state index contributed by atoms with van der Waals surface area (Å²) < 4.78 is 0. The summed E-state index contributed by atoms with van der Waals surface area (Å²) in [4.78, 5) is 23.0. The van der Waals surface area contributed by atoms with Crippen molar-refractivity contribution in [3.63, 3.8) is 0 Å². The lowest BCUT2D eigenvalue weighted by atomic mass is 10.4. The summed E-state index contributed by atoms with van der Waals surface area (Å²) in [5, 5.41) is 3.45. The number of hydrazine groups is 1. The number of nitrogens with one attached hydrogen (secondary N) is 2. The molecule has 15 heavy (non-hydrogen) atoms. The fourth-order valence-electron chi connectivity index (χ4n) is 1.17. The Morgan fingerprint density at radius 3 is 2.73 bits per heavy atom. The average Bonchev–Trinajstić information content (AvgIpc) is 2.99. The minimum absolute atomic E-state index is 0.0385. The topological polar surface area (TPSA) is 84.2 Å². The fraction of sp³-hybridized carbons (Fsp3) is 0.333. The van der Waals surface area contributed by atoms with Gasteiger partial charge in [-0.25, -0.2) is 5.84 Å². The molecule has 0 radical (unpaired) electrons. The highest BCUT2D eigenvalue weighted by Crippen LogP contribution is 2.31. The first-order chi connectivity index (χ1) is 7.20. The first-order valence-electron chi connectivity index (χ1n) is 4.62. The van der Waals surface area contributed by atoms with Gasteiger partial charge >= 0.3 is 0 Å². The van der Waals surface area contributed by atoms with Gasteiger partial charge in [0.1, 0.15) is 0 Å². The van der Waals surface area contributed by atoms with Gasteiger partial charge in [-0.2, -0.15) is 0 Å². The van der Waals surface area contributed by atoms with Crippen LogP contribution in [-0.2, 0) is 4.79 Å². The van der Waals surface area contributed by atoms with Crippen LogP contribution in [0.15, 0.2) is 12.1 Å². The van der Waals surface area contributed by atoms with Gasteiger partial charge in [-0.1, -0.05) is 0 Å². The Balaban J connectivity index is 2.00. The van der Waals surface area contributed by atoms with E-state index in [0.29, 0.717) is 9.88 Å². The van der Waals surface area contributed by atoms with Crippen LogP contribution in [0.5, 0.6) is 0 Å². The van der Waals surface area contributed by atoms with Crippen LogP contribution in [-0.4, -0.2) is 11.8 Å². The molecule has 0 atom stereocenters. The van der Waals surface area contributed by atoms with Crippen molar-refractivity contribution in [3.05, 3.63) is 17.0 Å². The molecular formula is C9H11N3O2S. The number of thiophene rings is 1. The normalized spacial score (nSPS) is 14.7. The molecule has 80 valence electrons. The van der Waals surface area contributed by atoms with Crippen molar-refractivity contribution in [1.29, 1.82) is 0 Å². The number of nitrogens with two attached hydrogens (primary N) is 1. The van der Waals surface area contributed by atoms with Gasteiger partial charge in [0.25, 0.3) is 5.91 Å². The number of hydrogen-bond donors (Lipinski definition) is 3. The van der Waals surface area contributed by atoms with Crippen LogP contribution in [0.2, 0.25) is 0 Å². The zero-order chi connectivity index (χ0) is 10.8. The quantitative estimate of drug-likeness (QED) is 0.402. The van der Waals surface area contributed by atoms with E-state index in [9.17, 15) is 9.59 Å². The zero-order valence-corrected chi connectivity index (χ0v) is 8.76. The van der Waals surface area contributed by atoms with E-state index in [1.807, 2.05) is 5.43 Å². The molecule has 1 heterocycles. The highest BCUT2D eigenvalue weighted by atomic mass is 32.1. The Hall–Kier alpha value is -1.40. The van der Waals surface area contributed by atoms with Crippen LogP contribution in [0.3, 0.4) is 0 Å². The summed E-state index contributed by atoms with van der Waals surface area (Å²) >= 11 is 1.22. The minimum Gasteiger partial charge on any atom is -0.317 e. The standard InChI is InChI=1S/C9H11N3O2S/c10-12-9(14)6-3-4-7(15-6)11-8(13)5-1-2-5/h3-5H,1-2,10H2,(H,11,13)(H,12,14). The summed E-state index contributed by atoms with van der Waals surface area (Å²) in [5.74, 6) is 4.86. The van der Waals surface area contributed by atoms with Gasteiger partial charge in [-0.15, -0.1) is 11.3 Å². The summed E-state index contributed by atoms with van der Waals surface area (Å²) in [6.07, 6.45) is 1.93. The van der Waals surface area contributed by atoms with Crippen molar-refractivity contribution in [2.45, 2.75) is 12.8 Å². The second-order valence-electron chi connectivity index (χ2n) is 3.40. The third kappa shape index (κ3) is 2.34. The predicted octanol–water partition coefficient (Wildman–Crippen LogP) is 0.700. The third-order valence-corrected chi connectivity index (χ3v) is 3.15. The molecule has 1 aliphatic rings. The number of nitrogen functional groups attached to an aromatic ring is 1. The smallest absolute Gasteiger partial charge is 0.275 e. The number of carbonyl (C=O) groups excluding carboxylic acids is 2. The zero-order valence-electron chi connectivity index (χ0n) is 7.95. The number of carbonyl (C=O) groups is 2. The lowest BCUT2D eigenvalue weighted by molar-refractivity contribution is -0.117. The molecule has 1 fully saturated rings. The van der Waals surface area contributed by atoms with Crippen molar-refractivity contribution in [1.82, 2.24) is 5.43 Å². The Morgan fingerprint density at radius 1 is 1.40 bits per heavy atom. The third-order valence-electron chi connectivity index (χ3n) is 2.16. The van der Waals surface area contributed by atoms with Crippen molar-refractivity contribution < 1.29 is 9.59 Å². The Labute approximate surface area is 90.6 Å². The maximum atomic E-state index is 11.4. The van der Waals surface area contributed by atoms with Crippen LogP contribution in [0, 0.1) is 5.92 Å². The molecule has 0 saturated heterocycles. The molecule has 1 saturated carbocycles. The van der Waals surface area contributed by atoms with Crippen LogP contribution >= 0.6 is 11.3 Å². The highest BCUT2D eigenvalue weighted by Gasteiger charge is 2.29. The first kappa shape index (κ1) is 10.1. The molecule has 1 aromatic heterocycles. The molecule has 6 heteroatoms. The van der Waals surface area contributed by atoms with Crippen molar-refractivity contribution in [3.8, 4) is 0 Å². The lowest BCUT2D eigenvalue weighted by Crippen LogP contribution is -2.29. The van der Waals surface area contributed by atoms with Gasteiger partial charge in [-0.05, 0) is 25.0 Å². The van der Waals surface area contributed by atoms with E-state index < -0.39 is 0 Å². The van der Waals surface area contributed by atoms with Crippen LogP contribution < -0.4 is 16.6 Å².